The van der Waals surface area contributed by atoms with Gasteiger partial charge < -0.3 is 16.0 Å². The molecule has 5 nitrogen and oxygen atoms in total. The molecule has 0 spiro atoms. The number of amides is 1. The first-order valence-corrected chi connectivity index (χ1v) is 6.58. The number of halogens is 1. The lowest BCUT2D eigenvalue weighted by molar-refractivity contribution is -0.114. The standard InChI is InChI=1S/C15H20N4O.HI/c1-4-12-8-7-9-13(10-12)19-14(20)11-18-15(16-5-2)17-6-3;/h1,7-10H,5-6,11H2,2-3H3,(H,19,20)(H2,16,17,18);1H. The smallest absolute Gasteiger partial charge is 0.246 e. The van der Waals surface area contributed by atoms with E-state index in [1.165, 1.54) is 0 Å². The monoisotopic (exact) mass is 400 g/mol. The fraction of sp³-hybridized carbons (Fsp3) is 0.333. The van der Waals surface area contributed by atoms with Crippen LogP contribution >= 0.6 is 24.0 Å². The zero-order valence-corrected chi connectivity index (χ0v) is 14.6. The average molecular weight is 400 g/mol. The highest BCUT2D eigenvalue weighted by atomic mass is 127. The molecule has 0 aliphatic heterocycles. The maximum absolute atomic E-state index is 11.8. The number of carbonyl (C=O) groups is 1. The summed E-state index contributed by atoms with van der Waals surface area (Å²) in [6.07, 6.45) is 5.31. The fourth-order valence-electron chi connectivity index (χ4n) is 1.55. The van der Waals surface area contributed by atoms with Crippen LogP contribution in [0, 0.1) is 12.3 Å². The number of terminal acetylenes is 1. The molecule has 1 aromatic rings. The van der Waals surface area contributed by atoms with E-state index < -0.39 is 0 Å². The third-order valence-electron chi connectivity index (χ3n) is 2.38. The van der Waals surface area contributed by atoms with E-state index in [9.17, 15) is 4.79 Å². The molecule has 0 bridgehead atoms. The van der Waals surface area contributed by atoms with Crippen LogP contribution < -0.4 is 16.0 Å². The van der Waals surface area contributed by atoms with Crippen LogP contribution in [-0.2, 0) is 4.79 Å². The van der Waals surface area contributed by atoms with Gasteiger partial charge in [0, 0.05) is 24.3 Å². The number of nitrogens with zero attached hydrogens (tertiary/aromatic N) is 1. The number of aliphatic imine (C=N–C) groups is 1. The Morgan fingerprint density at radius 1 is 1.29 bits per heavy atom. The van der Waals surface area contributed by atoms with Gasteiger partial charge in [-0.25, -0.2) is 4.99 Å². The van der Waals surface area contributed by atoms with Gasteiger partial charge in [0.2, 0.25) is 5.91 Å². The van der Waals surface area contributed by atoms with Crippen LogP contribution in [0.2, 0.25) is 0 Å². The zero-order chi connectivity index (χ0) is 14.8. The molecule has 1 amide bonds. The number of hydrogen-bond acceptors (Lipinski definition) is 2. The summed E-state index contributed by atoms with van der Waals surface area (Å²) in [6.45, 7) is 5.49. The van der Waals surface area contributed by atoms with Crippen LogP contribution in [0.25, 0.3) is 0 Å². The lowest BCUT2D eigenvalue weighted by Gasteiger charge is -2.09. The Morgan fingerprint density at radius 3 is 2.52 bits per heavy atom. The zero-order valence-electron chi connectivity index (χ0n) is 12.3. The van der Waals surface area contributed by atoms with E-state index in [4.69, 9.17) is 6.42 Å². The SMILES string of the molecule is C#Cc1cccc(NC(=O)CN=C(NCC)NCC)c1.I. The van der Waals surface area contributed by atoms with E-state index in [1.807, 2.05) is 19.9 Å². The molecule has 0 aliphatic rings. The van der Waals surface area contributed by atoms with Crippen LogP contribution in [0.5, 0.6) is 0 Å². The molecule has 21 heavy (non-hydrogen) atoms. The molecule has 1 rings (SSSR count). The van der Waals surface area contributed by atoms with E-state index >= 15 is 0 Å². The van der Waals surface area contributed by atoms with Crippen molar-refractivity contribution in [2.24, 2.45) is 4.99 Å². The van der Waals surface area contributed by atoms with E-state index in [2.05, 4.69) is 26.9 Å². The summed E-state index contributed by atoms with van der Waals surface area (Å²) in [6, 6.07) is 7.15. The number of benzene rings is 1. The molecule has 114 valence electrons. The fourth-order valence-corrected chi connectivity index (χ4v) is 1.55. The van der Waals surface area contributed by atoms with Crippen molar-refractivity contribution in [1.29, 1.82) is 0 Å². The van der Waals surface area contributed by atoms with Gasteiger partial charge >= 0.3 is 0 Å². The molecule has 0 heterocycles. The summed E-state index contributed by atoms with van der Waals surface area (Å²) in [7, 11) is 0. The second-order valence-corrected chi connectivity index (χ2v) is 4.00. The molecule has 0 radical (unpaired) electrons. The molecule has 0 fully saturated rings. The number of anilines is 1. The Labute approximate surface area is 143 Å². The molecule has 6 heteroatoms. The third kappa shape index (κ3) is 7.56. The Bertz CT molecular complexity index is 515. The molecule has 0 aromatic heterocycles. The lowest BCUT2D eigenvalue weighted by atomic mass is 10.2. The maximum Gasteiger partial charge on any atom is 0.246 e. The molecular formula is C15H21IN4O. The molecule has 0 unspecified atom stereocenters. The van der Waals surface area contributed by atoms with Gasteiger partial charge in [-0.05, 0) is 32.0 Å². The first-order chi connectivity index (χ1) is 9.69. The minimum Gasteiger partial charge on any atom is -0.357 e. The summed E-state index contributed by atoms with van der Waals surface area (Å²) in [5.41, 5.74) is 1.40. The highest BCUT2D eigenvalue weighted by Crippen LogP contribution is 2.09. The van der Waals surface area contributed by atoms with E-state index in [-0.39, 0.29) is 36.4 Å². The van der Waals surface area contributed by atoms with Crippen LogP contribution in [0.15, 0.2) is 29.3 Å². The number of rotatable bonds is 5. The van der Waals surface area contributed by atoms with E-state index in [0.29, 0.717) is 11.6 Å². The molecule has 0 atom stereocenters. The third-order valence-corrected chi connectivity index (χ3v) is 2.38. The molecule has 1 aromatic carbocycles. The van der Waals surface area contributed by atoms with Gasteiger partial charge in [-0.3, -0.25) is 4.79 Å². The van der Waals surface area contributed by atoms with Crippen LogP contribution in [0.1, 0.15) is 19.4 Å². The van der Waals surface area contributed by atoms with Gasteiger partial charge in [0.1, 0.15) is 6.54 Å². The van der Waals surface area contributed by atoms with Crippen molar-refractivity contribution in [2.45, 2.75) is 13.8 Å². The van der Waals surface area contributed by atoms with Gasteiger partial charge in [-0.1, -0.05) is 12.0 Å². The minimum atomic E-state index is -0.188. The van der Waals surface area contributed by atoms with E-state index in [0.717, 1.165) is 18.7 Å². The van der Waals surface area contributed by atoms with Crippen molar-refractivity contribution in [3.05, 3.63) is 29.8 Å². The molecular weight excluding hydrogens is 379 g/mol. The Kier molecular flexibility index (Phi) is 10.1. The average Bonchev–Trinajstić information content (AvgIpc) is 2.45. The van der Waals surface area contributed by atoms with Crippen molar-refractivity contribution in [2.75, 3.05) is 25.0 Å². The van der Waals surface area contributed by atoms with Gasteiger partial charge in [-0.15, -0.1) is 30.4 Å². The summed E-state index contributed by atoms with van der Waals surface area (Å²) >= 11 is 0. The first-order valence-electron chi connectivity index (χ1n) is 6.58. The van der Waals surface area contributed by atoms with Crippen LogP contribution in [-0.4, -0.2) is 31.5 Å². The van der Waals surface area contributed by atoms with Gasteiger partial charge in [0.25, 0.3) is 0 Å². The van der Waals surface area contributed by atoms with Crippen LogP contribution in [0.3, 0.4) is 0 Å². The van der Waals surface area contributed by atoms with Gasteiger partial charge in [0.05, 0.1) is 0 Å². The van der Waals surface area contributed by atoms with Crippen molar-refractivity contribution >= 4 is 41.5 Å². The lowest BCUT2D eigenvalue weighted by Crippen LogP contribution is -2.37. The second-order valence-electron chi connectivity index (χ2n) is 4.00. The van der Waals surface area contributed by atoms with Gasteiger partial charge in [0.15, 0.2) is 5.96 Å². The quantitative estimate of drug-likeness (QED) is 0.306. The Balaban J connectivity index is 0.00000400. The van der Waals surface area contributed by atoms with Crippen molar-refractivity contribution in [1.82, 2.24) is 10.6 Å². The van der Waals surface area contributed by atoms with Crippen molar-refractivity contribution < 1.29 is 4.79 Å². The number of carbonyl (C=O) groups excluding carboxylic acids is 1. The Morgan fingerprint density at radius 2 is 1.95 bits per heavy atom. The van der Waals surface area contributed by atoms with E-state index in [1.54, 1.807) is 18.2 Å². The predicted molar refractivity (Wildman–Crippen MR) is 98.1 cm³/mol. The minimum absolute atomic E-state index is 0. The largest absolute Gasteiger partial charge is 0.357 e. The van der Waals surface area contributed by atoms with Gasteiger partial charge in [-0.2, -0.15) is 0 Å². The summed E-state index contributed by atoms with van der Waals surface area (Å²) in [4.78, 5) is 16.0. The first kappa shape index (κ1) is 19.2. The Hall–Kier alpha value is -1.75. The number of hydrogen-bond donors (Lipinski definition) is 3. The van der Waals surface area contributed by atoms with Crippen LogP contribution in [0.4, 0.5) is 5.69 Å². The van der Waals surface area contributed by atoms with Crippen molar-refractivity contribution in [3.63, 3.8) is 0 Å². The summed E-state index contributed by atoms with van der Waals surface area (Å²) < 4.78 is 0. The predicted octanol–water partition coefficient (Wildman–Crippen LogP) is 1.80. The van der Waals surface area contributed by atoms with Crippen molar-refractivity contribution in [3.8, 4) is 12.3 Å². The molecule has 0 saturated carbocycles. The maximum atomic E-state index is 11.8. The number of nitrogens with one attached hydrogen (secondary N) is 3. The topological polar surface area (TPSA) is 65.5 Å². The number of guanidine groups is 1. The highest BCUT2D eigenvalue weighted by Gasteiger charge is 2.03. The highest BCUT2D eigenvalue weighted by molar-refractivity contribution is 14.0. The molecule has 3 N–H and O–H groups in total. The summed E-state index contributed by atoms with van der Waals surface area (Å²) in [5.74, 6) is 2.97. The molecule has 0 aliphatic carbocycles. The second kappa shape index (κ2) is 11.0. The normalized spacial score (nSPS) is 8.81. The molecule has 0 saturated heterocycles. The summed E-state index contributed by atoms with van der Waals surface area (Å²) in [5, 5.41) is 8.87.